The van der Waals surface area contributed by atoms with Crippen molar-refractivity contribution < 1.29 is 19.0 Å². The Bertz CT molecular complexity index is 262. The van der Waals surface area contributed by atoms with Crippen molar-refractivity contribution in [1.29, 1.82) is 0 Å². The molecule has 0 aromatic heterocycles. The molecule has 1 atom stereocenters. The highest BCUT2D eigenvalue weighted by Crippen LogP contribution is 2.14. The van der Waals surface area contributed by atoms with Crippen LogP contribution in [0.25, 0.3) is 0 Å². The van der Waals surface area contributed by atoms with Gasteiger partial charge in [-0.15, -0.1) is 0 Å². The first-order valence-electron chi connectivity index (χ1n) is 5.99. The fourth-order valence-electron chi connectivity index (χ4n) is 1.75. The number of carbonyl (C=O) groups excluding carboxylic acids is 1. The van der Waals surface area contributed by atoms with E-state index in [0.717, 1.165) is 13.1 Å². The minimum absolute atomic E-state index is 0.0337. The molecule has 1 unspecified atom stereocenters. The Kier molecular flexibility index (Phi) is 4.33. The van der Waals surface area contributed by atoms with Gasteiger partial charge in [-0.05, 0) is 6.92 Å². The number of hydrogen-bond donors (Lipinski definition) is 2. The van der Waals surface area contributed by atoms with Crippen molar-refractivity contribution in [3.63, 3.8) is 0 Å². The van der Waals surface area contributed by atoms with E-state index in [1.165, 1.54) is 0 Å². The molecule has 0 saturated carbocycles. The summed E-state index contributed by atoms with van der Waals surface area (Å²) < 4.78 is 16.2. The van der Waals surface area contributed by atoms with Crippen LogP contribution in [0, 0.1) is 0 Å². The Morgan fingerprint density at radius 3 is 2.94 bits per heavy atom. The van der Waals surface area contributed by atoms with E-state index in [2.05, 4.69) is 10.6 Å². The fraction of sp³-hybridized carbons (Fsp3) is 0.909. The highest BCUT2D eigenvalue weighted by atomic mass is 16.6. The molecule has 2 N–H and O–H groups in total. The molecule has 0 aromatic carbocycles. The first-order valence-corrected chi connectivity index (χ1v) is 5.99. The van der Waals surface area contributed by atoms with E-state index >= 15 is 0 Å². The highest BCUT2D eigenvalue weighted by molar-refractivity contribution is 5.77. The summed E-state index contributed by atoms with van der Waals surface area (Å²) in [7, 11) is 0. The number of hydrogen-bond acceptors (Lipinski definition) is 5. The van der Waals surface area contributed by atoms with Gasteiger partial charge in [-0.2, -0.15) is 0 Å². The van der Waals surface area contributed by atoms with Gasteiger partial charge >= 0.3 is 0 Å². The minimum Gasteiger partial charge on any atom is -0.376 e. The predicted molar refractivity (Wildman–Crippen MR) is 60.8 cm³/mol. The van der Waals surface area contributed by atoms with Crippen LogP contribution in [0.5, 0.6) is 0 Å². The van der Waals surface area contributed by atoms with Crippen LogP contribution in [0.1, 0.15) is 6.92 Å². The van der Waals surface area contributed by atoms with Gasteiger partial charge in [0.05, 0.1) is 31.5 Å². The third kappa shape index (κ3) is 3.92. The number of rotatable bonds is 5. The molecule has 6 nitrogen and oxygen atoms in total. The van der Waals surface area contributed by atoms with E-state index in [4.69, 9.17) is 14.2 Å². The monoisotopic (exact) mass is 244 g/mol. The Morgan fingerprint density at radius 2 is 2.35 bits per heavy atom. The van der Waals surface area contributed by atoms with Gasteiger partial charge in [0.25, 0.3) is 0 Å². The van der Waals surface area contributed by atoms with Crippen molar-refractivity contribution in [2.24, 2.45) is 0 Å². The van der Waals surface area contributed by atoms with Gasteiger partial charge in [-0.25, -0.2) is 0 Å². The van der Waals surface area contributed by atoms with Crippen LogP contribution in [-0.4, -0.2) is 63.7 Å². The van der Waals surface area contributed by atoms with Crippen LogP contribution in [0.15, 0.2) is 0 Å². The van der Waals surface area contributed by atoms with Gasteiger partial charge in [0, 0.05) is 19.6 Å². The molecule has 98 valence electrons. The summed E-state index contributed by atoms with van der Waals surface area (Å²) in [4.78, 5) is 11.5. The van der Waals surface area contributed by atoms with E-state index in [1.54, 1.807) is 0 Å². The fourth-order valence-corrected chi connectivity index (χ4v) is 1.75. The number of carbonyl (C=O) groups is 1. The Labute approximate surface area is 101 Å². The number of nitrogens with one attached hydrogen (secondary N) is 2. The lowest BCUT2D eigenvalue weighted by Crippen LogP contribution is -2.59. The largest absolute Gasteiger partial charge is 0.376 e. The molecule has 0 bridgehead atoms. The summed E-state index contributed by atoms with van der Waals surface area (Å²) in [5.74, 6) is -0.104. The maximum atomic E-state index is 11.5. The molecule has 2 fully saturated rings. The second-order valence-electron chi connectivity index (χ2n) is 4.71. The maximum absolute atomic E-state index is 11.5. The number of ether oxygens (including phenoxy) is 3. The average Bonchev–Trinajstić information content (AvgIpc) is 2.33. The Hall–Kier alpha value is -0.690. The van der Waals surface area contributed by atoms with Crippen LogP contribution >= 0.6 is 0 Å². The van der Waals surface area contributed by atoms with Gasteiger partial charge in [-0.1, -0.05) is 0 Å². The molecule has 2 heterocycles. The van der Waals surface area contributed by atoms with Gasteiger partial charge < -0.3 is 24.8 Å². The number of amides is 1. The van der Waals surface area contributed by atoms with Gasteiger partial charge in [0.1, 0.15) is 6.61 Å². The molecule has 6 heteroatoms. The van der Waals surface area contributed by atoms with Crippen molar-refractivity contribution in [3.8, 4) is 0 Å². The predicted octanol–water partition coefficient (Wildman–Crippen LogP) is -1.10. The Morgan fingerprint density at radius 1 is 1.53 bits per heavy atom. The van der Waals surface area contributed by atoms with Crippen molar-refractivity contribution in [1.82, 2.24) is 10.6 Å². The minimum atomic E-state index is -0.179. The summed E-state index contributed by atoms with van der Waals surface area (Å²) in [6, 6.07) is 0. The molecule has 2 aliphatic heterocycles. The molecule has 17 heavy (non-hydrogen) atoms. The lowest BCUT2D eigenvalue weighted by molar-refractivity contribution is -0.137. The zero-order valence-electron chi connectivity index (χ0n) is 10.2. The summed E-state index contributed by atoms with van der Waals surface area (Å²) in [5.41, 5.74) is -0.179. The van der Waals surface area contributed by atoms with Crippen LogP contribution in [0.2, 0.25) is 0 Å². The summed E-state index contributed by atoms with van der Waals surface area (Å²) in [5, 5.41) is 5.90. The van der Waals surface area contributed by atoms with E-state index in [-0.39, 0.29) is 24.2 Å². The van der Waals surface area contributed by atoms with Crippen molar-refractivity contribution in [2.75, 3.05) is 46.1 Å². The smallest absolute Gasteiger partial charge is 0.246 e. The molecule has 0 radical (unpaired) electrons. The van der Waals surface area contributed by atoms with E-state index in [9.17, 15) is 4.79 Å². The van der Waals surface area contributed by atoms with Gasteiger partial charge in [0.2, 0.25) is 5.91 Å². The van der Waals surface area contributed by atoms with Crippen molar-refractivity contribution in [3.05, 3.63) is 0 Å². The van der Waals surface area contributed by atoms with Crippen molar-refractivity contribution >= 4 is 5.91 Å². The summed E-state index contributed by atoms with van der Waals surface area (Å²) in [6.45, 7) is 5.97. The zero-order valence-corrected chi connectivity index (χ0v) is 10.2. The summed E-state index contributed by atoms with van der Waals surface area (Å²) >= 11 is 0. The molecule has 1 amide bonds. The average molecular weight is 244 g/mol. The van der Waals surface area contributed by atoms with Gasteiger partial charge in [-0.3, -0.25) is 4.79 Å². The zero-order chi connectivity index (χ0) is 12.1. The second-order valence-corrected chi connectivity index (χ2v) is 4.71. The first-order chi connectivity index (χ1) is 8.18. The molecular formula is C11H20N2O4. The normalized spacial score (nSPS) is 27.2. The standard InChI is InChI=1S/C11H20N2O4/c1-11(7-12-8-11)17-6-10(14)13-4-9-5-15-2-3-16-9/h9,12H,2-8H2,1H3,(H,13,14). The Balaban J connectivity index is 1.57. The maximum Gasteiger partial charge on any atom is 0.246 e. The SMILES string of the molecule is CC1(OCC(=O)NCC2COCCO2)CNC1. The summed E-state index contributed by atoms with van der Waals surface area (Å²) in [6.07, 6.45) is -0.0337. The highest BCUT2D eigenvalue weighted by Gasteiger charge is 2.33. The third-order valence-electron chi connectivity index (χ3n) is 2.96. The lowest BCUT2D eigenvalue weighted by atomic mass is 10.0. The molecule has 2 rings (SSSR count). The van der Waals surface area contributed by atoms with Gasteiger partial charge in [0.15, 0.2) is 0 Å². The van der Waals surface area contributed by atoms with Crippen LogP contribution < -0.4 is 10.6 Å². The lowest BCUT2D eigenvalue weighted by Gasteiger charge is -2.38. The van der Waals surface area contributed by atoms with Crippen LogP contribution in [-0.2, 0) is 19.0 Å². The van der Waals surface area contributed by atoms with E-state index in [1.807, 2.05) is 6.92 Å². The molecule has 0 spiro atoms. The molecule has 2 aliphatic rings. The molecular weight excluding hydrogens is 224 g/mol. The second kappa shape index (κ2) is 5.77. The van der Waals surface area contributed by atoms with E-state index < -0.39 is 0 Å². The van der Waals surface area contributed by atoms with Crippen LogP contribution in [0.3, 0.4) is 0 Å². The third-order valence-corrected chi connectivity index (χ3v) is 2.96. The first kappa shape index (κ1) is 12.8. The van der Waals surface area contributed by atoms with Crippen LogP contribution in [0.4, 0.5) is 0 Å². The molecule has 2 saturated heterocycles. The van der Waals surface area contributed by atoms with Crippen molar-refractivity contribution in [2.45, 2.75) is 18.6 Å². The molecule has 0 aliphatic carbocycles. The quantitative estimate of drug-likeness (QED) is 0.642. The van der Waals surface area contributed by atoms with E-state index in [0.29, 0.717) is 26.4 Å². The molecule has 0 aromatic rings. The topological polar surface area (TPSA) is 68.8 Å².